The number of methoxy groups -OCH3 is 1. The van der Waals surface area contributed by atoms with Gasteiger partial charge in [-0.2, -0.15) is 0 Å². The number of ether oxygens (including phenoxy) is 2. The zero-order valence-electron chi connectivity index (χ0n) is 11.3. The minimum absolute atomic E-state index is 0.0870. The predicted molar refractivity (Wildman–Crippen MR) is 78.0 cm³/mol. The van der Waals surface area contributed by atoms with E-state index in [4.69, 9.17) is 17.0 Å². The van der Waals surface area contributed by atoms with E-state index in [0.717, 1.165) is 7.11 Å². The zero-order valence-corrected chi connectivity index (χ0v) is 12.1. The maximum absolute atomic E-state index is 11.5. The molecule has 118 valence electrons. The first-order valence-corrected chi connectivity index (χ1v) is 6.14. The highest BCUT2D eigenvalue weighted by atomic mass is 32.1. The number of thiocarbonyl (C=S) groups is 1. The Morgan fingerprint density at radius 2 is 1.91 bits per heavy atom. The van der Waals surface area contributed by atoms with Crippen molar-refractivity contribution in [3.8, 4) is 5.75 Å². The van der Waals surface area contributed by atoms with E-state index in [1.54, 1.807) is 0 Å². The molecule has 11 heteroatoms. The highest BCUT2D eigenvalue weighted by Gasteiger charge is 2.08. The Hall–Kier alpha value is -2.95. The van der Waals surface area contributed by atoms with Crippen LogP contribution in [0.5, 0.6) is 5.75 Å². The zero-order chi connectivity index (χ0) is 16.5. The third-order valence-corrected chi connectivity index (χ3v) is 2.34. The molecule has 1 aromatic carbocycles. The highest BCUT2D eigenvalue weighted by molar-refractivity contribution is 7.80. The van der Waals surface area contributed by atoms with Crippen LogP contribution in [0.15, 0.2) is 24.3 Å². The number of nitrogens with zero attached hydrogens (tertiary/aromatic N) is 1. The number of nitrogens with one attached hydrogen (secondary N) is 3. The molecule has 10 nitrogen and oxygen atoms in total. The molecule has 0 saturated heterocycles. The van der Waals surface area contributed by atoms with Crippen LogP contribution in [0.1, 0.15) is 0 Å². The van der Waals surface area contributed by atoms with Crippen LogP contribution < -0.4 is 20.9 Å². The van der Waals surface area contributed by atoms with E-state index < -0.39 is 16.9 Å². The lowest BCUT2D eigenvalue weighted by atomic mass is 10.3. The molecule has 0 bridgehead atoms. The Balaban J connectivity index is 2.34. The minimum Gasteiger partial charge on any atom is -0.484 e. The molecule has 0 aliphatic heterocycles. The number of nitro benzene ring substituents is 1. The van der Waals surface area contributed by atoms with E-state index >= 15 is 0 Å². The summed E-state index contributed by atoms with van der Waals surface area (Å²) in [6.07, 6.45) is -0.779. The van der Waals surface area contributed by atoms with E-state index in [1.807, 2.05) is 0 Å². The van der Waals surface area contributed by atoms with Gasteiger partial charge in [-0.05, 0) is 24.4 Å². The number of carbonyl (C=O) groups excluding carboxylic acids is 2. The second-order valence-electron chi connectivity index (χ2n) is 3.66. The Kier molecular flexibility index (Phi) is 6.50. The fourth-order valence-corrected chi connectivity index (χ4v) is 1.33. The molecule has 0 unspecified atom stereocenters. The van der Waals surface area contributed by atoms with Crippen LogP contribution >= 0.6 is 12.2 Å². The lowest BCUT2D eigenvalue weighted by molar-refractivity contribution is -0.384. The van der Waals surface area contributed by atoms with Crippen molar-refractivity contribution in [2.75, 3.05) is 13.7 Å². The summed E-state index contributed by atoms with van der Waals surface area (Å²) < 4.78 is 9.40. The van der Waals surface area contributed by atoms with Crippen LogP contribution in [-0.2, 0) is 9.53 Å². The van der Waals surface area contributed by atoms with Gasteiger partial charge in [0, 0.05) is 12.1 Å². The number of benzene rings is 1. The summed E-state index contributed by atoms with van der Waals surface area (Å²) >= 11 is 4.73. The third kappa shape index (κ3) is 6.00. The Morgan fingerprint density at radius 1 is 1.27 bits per heavy atom. The standard InChI is InChI=1S/C11H12N4O6S/c1-20-11(17)14-13-10(22)12-9(16)6-21-8-4-2-7(3-5-8)15(18)19/h2-5H,6H2,1H3,(H,14,17)(H2,12,13,16,22). The summed E-state index contributed by atoms with van der Waals surface area (Å²) in [6.45, 7) is -0.363. The van der Waals surface area contributed by atoms with Crippen LogP contribution in [-0.4, -0.2) is 35.8 Å². The van der Waals surface area contributed by atoms with Crippen LogP contribution in [0, 0.1) is 10.1 Å². The molecule has 2 amide bonds. The Morgan fingerprint density at radius 3 is 2.45 bits per heavy atom. The fraction of sp³-hybridized carbons (Fsp3) is 0.182. The molecule has 0 saturated carbocycles. The van der Waals surface area contributed by atoms with Crippen molar-refractivity contribution >= 4 is 35.0 Å². The van der Waals surface area contributed by atoms with E-state index in [2.05, 4.69) is 20.9 Å². The molecule has 0 atom stereocenters. The summed E-state index contributed by atoms with van der Waals surface area (Å²) in [5, 5.41) is 12.6. The largest absolute Gasteiger partial charge is 0.484 e. The van der Waals surface area contributed by atoms with Gasteiger partial charge < -0.3 is 9.47 Å². The van der Waals surface area contributed by atoms with Gasteiger partial charge in [-0.3, -0.25) is 25.7 Å². The molecule has 22 heavy (non-hydrogen) atoms. The number of hydrogen-bond donors (Lipinski definition) is 3. The SMILES string of the molecule is COC(=O)NNC(=S)NC(=O)COc1ccc([N+](=O)[O-])cc1. The maximum Gasteiger partial charge on any atom is 0.425 e. The number of hydrogen-bond acceptors (Lipinski definition) is 7. The molecule has 3 N–H and O–H groups in total. The van der Waals surface area contributed by atoms with Gasteiger partial charge in [0.25, 0.3) is 11.6 Å². The van der Waals surface area contributed by atoms with E-state index in [-0.39, 0.29) is 23.2 Å². The van der Waals surface area contributed by atoms with E-state index in [1.165, 1.54) is 24.3 Å². The molecule has 0 fully saturated rings. The summed E-state index contributed by atoms with van der Waals surface area (Å²) in [5.74, 6) is -0.296. The van der Waals surface area contributed by atoms with E-state index in [0.29, 0.717) is 0 Å². The summed E-state index contributed by atoms with van der Waals surface area (Å²) in [4.78, 5) is 32.2. The Labute approximate surface area is 129 Å². The molecular weight excluding hydrogens is 316 g/mol. The van der Waals surface area contributed by atoms with E-state index in [9.17, 15) is 19.7 Å². The maximum atomic E-state index is 11.5. The van der Waals surface area contributed by atoms with Gasteiger partial charge in [0.15, 0.2) is 11.7 Å². The van der Waals surface area contributed by atoms with Gasteiger partial charge in [0.05, 0.1) is 12.0 Å². The first kappa shape index (κ1) is 17.1. The molecule has 0 aliphatic carbocycles. The van der Waals surface area contributed by atoms with Gasteiger partial charge in [0.2, 0.25) is 0 Å². The summed E-state index contributed by atoms with van der Waals surface area (Å²) in [5.41, 5.74) is 4.20. The first-order valence-electron chi connectivity index (χ1n) is 5.73. The van der Waals surface area contributed by atoms with Crippen molar-refractivity contribution in [1.29, 1.82) is 0 Å². The van der Waals surface area contributed by atoms with Crippen molar-refractivity contribution in [3.05, 3.63) is 34.4 Å². The number of amides is 2. The van der Waals surface area contributed by atoms with Gasteiger partial charge >= 0.3 is 6.09 Å². The fourth-order valence-electron chi connectivity index (χ4n) is 1.17. The lowest BCUT2D eigenvalue weighted by Crippen LogP contribution is -2.49. The van der Waals surface area contributed by atoms with Crippen molar-refractivity contribution < 1.29 is 24.0 Å². The molecule has 0 spiro atoms. The van der Waals surface area contributed by atoms with Crippen LogP contribution in [0.3, 0.4) is 0 Å². The van der Waals surface area contributed by atoms with Gasteiger partial charge in [-0.1, -0.05) is 0 Å². The number of hydrazine groups is 1. The lowest BCUT2D eigenvalue weighted by Gasteiger charge is -2.10. The van der Waals surface area contributed by atoms with Crippen molar-refractivity contribution in [3.63, 3.8) is 0 Å². The van der Waals surface area contributed by atoms with Crippen molar-refractivity contribution in [2.45, 2.75) is 0 Å². The van der Waals surface area contributed by atoms with Crippen LogP contribution in [0.25, 0.3) is 0 Å². The number of nitro groups is 1. The molecule has 1 aromatic rings. The molecular formula is C11H12N4O6S. The number of non-ortho nitro benzene ring substituents is 1. The summed E-state index contributed by atoms with van der Waals surface area (Å²) in [7, 11) is 1.16. The average molecular weight is 328 g/mol. The van der Waals surface area contributed by atoms with Crippen molar-refractivity contribution in [1.82, 2.24) is 16.2 Å². The second-order valence-corrected chi connectivity index (χ2v) is 4.07. The molecule has 0 aliphatic rings. The van der Waals surface area contributed by atoms with Crippen LogP contribution in [0.2, 0.25) is 0 Å². The first-order chi connectivity index (χ1) is 10.4. The van der Waals surface area contributed by atoms with Gasteiger partial charge in [0.1, 0.15) is 5.75 Å². The quantitative estimate of drug-likeness (QED) is 0.407. The van der Waals surface area contributed by atoms with Gasteiger partial charge in [-0.15, -0.1) is 0 Å². The average Bonchev–Trinajstić information content (AvgIpc) is 2.50. The number of carbonyl (C=O) groups is 2. The molecule has 0 aromatic heterocycles. The van der Waals surface area contributed by atoms with Gasteiger partial charge in [-0.25, -0.2) is 10.2 Å². The molecule has 1 rings (SSSR count). The topological polar surface area (TPSA) is 132 Å². The molecule has 0 radical (unpaired) electrons. The second kappa shape index (κ2) is 8.36. The monoisotopic (exact) mass is 328 g/mol. The normalized spacial score (nSPS) is 9.32. The van der Waals surface area contributed by atoms with Crippen LogP contribution in [0.4, 0.5) is 10.5 Å². The minimum atomic E-state index is -0.779. The molecule has 0 heterocycles. The van der Waals surface area contributed by atoms with Crippen molar-refractivity contribution in [2.24, 2.45) is 0 Å². The third-order valence-electron chi connectivity index (χ3n) is 2.13. The Bertz CT molecular complexity index is 576. The highest BCUT2D eigenvalue weighted by Crippen LogP contribution is 2.16. The predicted octanol–water partition coefficient (Wildman–Crippen LogP) is 0.235. The summed E-state index contributed by atoms with van der Waals surface area (Å²) in [6, 6.07) is 5.22. The number of rotatable bonds is 4. The smallest absolute Gasteiger partial charge is 0.425 e.